The number of nitrogens with zero attached hydrogens (tertiary/aromatic N) is 2. The lowest BCUT2D eigenvalue weighted by Crippen LogP contribution is -2.21. The lowest BCUT2D eigenvalue weighted by Gasteiger charge is -2.17. The van der Waals surface area contributed by atoms with E-state index in [0.717, 1.165) is 16.7 Å². The maximum atomic E-state index is 6.07. The van der Waals surface area contributed by atoms with Crippen LogP contribution in [0.1, 0.15) is 32.5 Å². The highest BCUT2D eigenvalue weighted by Crippen LogP contribution is 2.26. The second-order valence-electron chi connectivity index (χ2n) is 3.46. The van der Waals surface area contributed by atoms with Gasteiger partial charge in [0.25, 0.3) is 0 Å². The van der Waals surface area contributed by atoms with Gasteiger partial charge >= 0.3 is 0 Å². The molecule has 0 bridgehead atoms. The van der Waals surface area contributed by atoms with Gasteiger partial charge < -0.3 is 5.73 Å². The van der Waals surface area contributed by atoms with E-state index in [1.807, 2.05) is 4.68 Å². The van der Waals surface area contributed by atoms with Crippen molar-refractivity contribution in [3.8, 4) is 0 Å². The Morgan fingerprint density at radius 2 is 2.23 bits per heavy atom. The Morgan fingerprint density at radius 1 is 1.62 bits per heavy atom. The smallest absolute Gasteiger partial charge is 0.0695 e. The van der Waals surface area contributed by atoms with Crippen LogP contribution in [0.4, 0.5) is 0 Å². The number of rotatable bonds is 3. The van der Waals surface area contributed by atoms with Crippen molar-refractivity contribution < 1.29 is 0 Å². The molecule has 0 aliphatic carbocycles. The predicted octanol–water partition coefficient (Wildman–Crippen LogP) is 2.32. The van der Waals surface area contributed by atoms with Gasteiger partial charge in [-0.15, -0.1) is 0 Å². The van der Waals surface area contributed by atoms with Gasteiger partial charge in [0.15, 0.2) is 0 Å². The first-order valence-corrected chi connectivity index (χ1v) is 5.34. The highest BCUT2D eigenvalue weighted by Gasteiger charge is 2.18. The van der Waals surface area contributed by atoms with Gasteiger partial charge in [0.1, 0.15) is 0 Å². The maximum Gasteiger partial charge on any atom is 0.0695 e. The molecular weight excluding hydrogens is 230 g/mol. The summed E-state index contributed by atoms with van der Waals surface area (Å²) < 4.78 is 2.95. The molecule has 0 amide bonds. The monoisotopic (exact) mass is 245 g/mol. The van der Waals surface area contributed by atoms with Crippen LogP contribution >= 0.6 is 15.9 Å². The molecule has 0 saturated carbocycles. The van der Waals surface area contributed by atoms with Crippen LogP contribution in [0, 0.1) is 5.92 Å². The van der Waals surface area contributed by atoms with Crippen molar-refractivity contribution in [2.45, 2.75) is 33.4 Å². The van der Waals surface area contributed by atoms with Crippen molar-refractivity contribution in [1.29, 1.82) is 0 Å². The summed E-state index contributed by atoms with van der Waals surface area (Å²) in [7, 11) is 0. The quantitative estimate of drug-likeness (QED) is 0.889. The van der Waals surface area contributed by atoms with E-state index in [0.29, 0.717) is 5.92 Å². The highest BCUT2D eigenvalue weighted by molar-refractivity contribution is 9.10. The second-order valence-corrected chi connectivity index (χ2v) is 4.32. The summed E-state index contributed by atoms with van der Waals surface area (Å²) >= 11 is 3.46. The van der Waals surface area contributed by atoms with Crippen LogP contribution in [0.25, 0.3) is 0 Å². The molecule has 0 saturated heterocycles. The average molecular weight is 246 g/mol. The summed E-state index contributed by atoms with van der Waals surface area (Å²) in [5.41, 5.74) is 7.16. The van der Waals surface area contributed by atoms with Gasteiger partial charge in [-0.1, -0.05) is 13.8 Å². The molecule has 0 aliphatic rings. The average Bonchev–Trinajstić information content (AvgIpc) is 2.45. The van der Waals surface area contributed by atoms with Crippen LogP contribution < -0.4 is 5.73 Å². The molecule has 2 N–H and O–H groups in total. The number of aromatic nitrogens is 2. The lowest BCUT2D eigenvalue weighted by molar-refractivity contribution is 0.465. The third-order valence-electron chi connectivity index (χ3n) is 2.17. The van der Waals surface area contributed by atoms with Gasteiger partial charge in [0, 0.05) is 6.54 Å². The molecule has 0 radical (unpaired) electrons. The van der Waals surface area contributed by atoms with Crippen molar-refractivity contribution in [3.63, 3.8) is 0 Å². The minimum Gasteiger partial charge on any atom is -0.322 e. The van der Waals surface area contributed by atoms with Gasteiger partial charge in [-0.25, -0.2) is 0 Å². The van der Waals surface area contributed by atoms with Crippen LogP contribution in [0.2, 0.25) is 0 Å². The molecule has 3 nitrogen and oxygen atoms in total. The first kappa shape index (κ1) is 10.7. The van der Waals surface area contributed by atoms with Crippen molar-refractivity contribution in [2.24, 2.45) is 11.7 Å². The number of hydrogen-bond donors (Lipinski definition) is 1. The number of halogens is 1. The number of hydrogen-bond acceptors (Lipinski definition) is 2. The van der Waals surface area contributed by atoms with E-state index < -0.39 is 0 Å². The van der Waals surface area contributed by atoms with Crippen molar-refractivity contribution in [1.82, 2.24) is 9.78 Å². The predicted molar refractivity (Wildman–Crippen MR) is 57.4 cm³/mol. The molecule has 0 aromatic carbocycles. The van der Waals surface area contributed by atoms with E-state index in [9.17, 15) is 0 Å². The van der Waals surface area contributed by atoms with Crippen LogP contribution in [0.3, 0.4) is 0 Å². The van der Waals surface area contributed by atoms with E-state index >= 15 is 0 Å². The molecule has 1 atom stereocenters. The molecule has 0 fully saturated rings. The second kappa shape index (κ2) is 4.24. The van der Waals surface area contributed by atoms with Gasteiger partial charge in [0.05, 0.1) is 22.4 Å². The molecule has 1 aromatic rings. The van der Waals surface area contributed by atoms with E-state index in [2.05, 4.69) is 41.8 Å². The zero-order valence-electron chi connectivity index (χ0n) is 8.29. The third kappa shape index (κ3) is 2.11. The maximum absolute atomic E-state index is 6.07. The molecular formula is C9H16BrN3. The minimum absolute atomic E-state index is 0.0526. The third-order valence-corrected chi connectivity index (χ3v) is 2.78. The van der Waals surface area contributed by atoms with Crippen molar-refractivity contribution in [2.75, 3.05) is 0 Å². The molecule has 1 aromatic heterocycles. The number of nitrogens with two attached hydrogens (primary N) is 1. The van der Waals surface area contributed by atoms with Crippen LogP contribution in [-0.2, 0) is 6.54 Å². The van der Waals surface area contributed by atoms with Crippen LogP contribution in [-0.4, -0.2) is 9.78 Å². The highest BCUT2D eigenvalue weighted by atomic mass is 79.9. The fraction of sp³-hybridized carbons (Fsp3) is 0.667. The summed E-state index contributed by atoms with van der Waals surface area (Å²) in [6, 6.07) is 0.0526. The normalized spacial score (nSPS) is 13.7. The molecule has 1 rings (SSSR count). The van der Waals surface area contributed by atoms with E-state index in [-0.39, 0.29) is 6.04 Å². The fourth-order valence-corrected chi connectivity index (χ4v) is 1.83. The zero-order chi connectivity index (χ0) is 10.0. The fourth-order valence-electron chi connectivity index (χ4n) is 1.27. The van der Waals surface area contributed by atoms with Gasteiger partial charge in [-0.05, 0) is 28.8 Å². The van der Waals surface area contributed by atoms with Crippen LogP contribution in [0.15, 0.2) is 10.7 Å². The molecule has 0 spiro atoms. The Bertz CT molecular complexity index is 280. The molecule has 74 valence electrons. The van der Waals surface area contributed by atoms with E-state index in [1.165, 1.54) is 0 Å². The summed E-state index contributed by atoms with van der Waals surface area (Å²) in [5.74, 6) is 0.429. The Labute approximate surface area is 87.4 Å². The number of aryl methyl sites for hydroxylation is 1. The summed E-state index contributed by atoms with van der Waals surface area (Å²) in [5, 5.41) is 4.23. The summed E-state index contributed by atoms with van der Waals surface area (Å²) in [6.45, 7) is 7.16. The topological polar surface area (TPSA) is 43.8 Å². The standard InChI is InChI=1S/C9H16BrN3/c1-4-13-9(7(10)5-12-13)8(11)6(2)3/h5-6,8H,4,11H2,1-3H3. The van der Waals surface area contributed by atoms with Crippen LogP contribution in [0.5, 0.6) is 0 Å². The Hall–Kier alpha value is -0.350. The van der Waals surface area contributed by atoms with Gasteiger partial charge in [-0.3, -0.25) is 4.68 Å². The SMILES string of the molecule is CCn1ncc(Br)c1C(N)C(C)C. The van der Waals surface area contributed by atoms with Gasteiger partial charge in [0.2, 0.25) is 0 Å². The molecule has 13 heavy (non-hydrogen) atoms. The first-order valence-electron chi connectivity index (χ1n) is 4.54. The largest absolute Gasteiger partial charge is 0.322 e. The molecule has 0 aliphatic heterocycles. The first-order chi connectivity index (χ1) is 6.07. The Morgan fingerprint density at radius 3 is 2.69 bits per heavy atom. The van der Waals surface area contributed by atoms with E-state index in [4.69, 9.17) is 5.73 Å². The van der Waals surface area contributed by atoms with Crippen molar-refractivity contribution >= 4 is 15.9 Å². The zero-order valence-corrected chi connectivity index (χ0v) is 9.87. The Balaban J connectivity index is 3.03. The van der Waals surface area contributed by atoms with Crippen molar-refractivity contribution in [3.05, 3.63) is 16.4 Å². The molecule has 1 heterocycles. The summed E-state index contributed by atoms with van der Waals surface area (Å²) in [6.07, 6.45) is 1.81. The summed E-state index contributed by atoms with van der Waals surface area (Å²) in [4.78, 5) is 0. The Kier molecular flexibility index (Phi) is 3.50. The van der Waals surface area contributed by atoms with Gasteiger partial charge in [-0.2, -0.15) is 5.10 Å². The minimum atomic E-state index is 0.0526. The molecule has 1 unspecified atom stereocenters. The molecule has 4 heteroatoms. The van der Waals surface area contributed by atoms with E-state index in [1.54, 1.807) is 6.20 Å². The lowest BCUT2D eigenvalue weighted by atomic mass is 10.0.